The van der Waals surface area contributed by atoms with Crippen molar-refractivity contribution in [2.24, 2.45) is 4.99 Å². The van der Waals surface area contributed by atoms with Gasteiger partial charge in [-0.05, 0) is 25.5 Å². The molecule has 0 amide bonds. The van der Waals surface area contributed by atoms with Gasteiger partial charge in [0.2, 0.25) is 0 Å². The van der Waals surface area contributed by atoms with Crippen molar-refractivity contribution in [2.45, 2.75) is 32.4 Å². The van der Waals surface area contributed by atoms with Crippen LogP contribution in [-0.4, -0.2) is 23.1 Å². The van der Waals surface area contributed by atoms with Gasteiger partial charge in [0, 0.05) is 5.75 Å². The summed E-state index contributed by atoms with van der Waals surface area (Å²) in [6, 6.07) is 6.62. The van der Waals surface area contributed by atoms with Crippen LogP contribution in [-0.2, 0) is 0 Å². The van der Waals surface area contributed by atoms with E-state index in [0.29, 0.717) is 5.69 Å². The number of hydrogen-bond acceptors (Lipinski definition) is 4. The van der Waals surface area contributed by atoms with E-state index in [1.54, 1.807) is 30.0 Å². The lowest BCUT2D eigenvalue weighted by Gasteiger charge is -2.15. The predicted molar refractivity (Wildman–Crippen MR) is 75.3 cm³/mol. The first kappa shape index (κ1) is 14.1. The molecule has 1 atom stereocenters. The minimum atomic E-state index is -2.83. The third-order valence-corrected chi connectivity index (χ3v) is 4.23. The van der Waals surface area contributed by atoms with Gasteiger partial charge < -0.3 is 10.1 Å². The van der Waals surface area contributed by atoms with Crippen LogP contribution >= 0.6 is 11.8 Å². The van der Waals surface area contributed by atoms with E-state index in [4.69, 9.17) is 0 Å². The molecule has 0 radical (unpaired) electrons. The van der Waals surface area contributed by atoms with Crippen molar-refractivity contribution in [1.29, 1.82) is 0 Å². The summed E-state index contributed by atoms with van der Waals surface area (Å²) in [5.74, 6) is 1.02. The summed E-state index contributed by atoms with van der Waals surface area (Å²) in [4.78, 5) is 4.58. The van der Waals surface area contributed by atoms with E-state index in [1.807, 2.05) is 0 Å². The zero-order valence-corrected chi connectivity index (χ0v) is 11.6. The molecule has 0 bridgehead atoms. The Hall–Kier alpha value is -1.30. The Morgan fingerprint density at radius 2 is 2.21 bits per heavy atom. The first-order valence-corrected chi connectivity index (χ1v) is 7.04. The lowest BCUT2D eigenvalue weighted by Crippen LogP contribution is -2.20. The van der Waals surface area contributed by atoms with Crippen LogP contribution in [0, 0.1) is 0 Å². The Morgan fingerprint density at radius 3 is 2.84 bits per heavy atom. The quantitative estimate of drug-likeness (QED) is 0.909. The molecule has 0 aliphatic carbocycles. The molecule has 104 valence electrons. The number of thioether (sulfide) groups is 1. The molecular weight excluding hydrogens is 270 g/mol. The normalized spacial score (nSPS) is 22.5. The Balaban J connectivity index is 2.14. The Labute approximate surface area is 115 Å². The summed E-state index contributed by atoms with van der Waals surface area (Å²) in [5.41, 5.74) is 0.431. The zero-order chi connectivity index (χ0) is 13.9. The zero-order valence-electron chi connectivity index (χ0n) is 10.8. The molecule has 1 aliphatic rings. The molecule has 6 heteroatoms. The Kier molecular flexibility index (Phi) is 4.29. The predicted octanol–water partition coefficient (Wildman–Crippen LogP) is 3.97. The Bertz CT molecular complexity index is 481. The van der Waals surface area contributed by atoms with E-state index < -0.39 is 6.61 Å². The van der Waals surface area contributed by atoms with E-state index in [0.717, 1.165) is 17.3 Å². The summed E-state index contributed by atoms with van der Waals surface area (Å²) in [6.07, 6.45) is 0.945. The van der Waals surface area contributed by atoms with Crippen molar-refractivity contribution in [3.63, 3.8) is 0 Å². The number of benzene rings is 1. The number of amidine groups is 1. The highest BCUT2D eigenvalue weighted by Crippen LogP contribution is 2.33. The fraction of sp³-hybridized carbons (Fsp3) is 0.462. The monoisotopic (exact) mass is 286 g/mol. The molecule has 1 aliphatic heterocycles. The maximum absolute atomic E-state index is 12.3. The van der Waals surface area contributed by atoms with Crippen LogP contribution in [0.1, 0.15) is 20.3 Å². The summed E-state index contributed by atoms with van der Waals surface area (Å²) >= 11 is 1.59. The number of nitrogens with one attached hydrogen (secondary N) is 1. The number of ether oxygens (including phenoxy) is 1. The molecule has 1 unspecified atom stereocenters. The molecular formula is C13H16F2N2OS. The van der Waals surface area contributed by atoms with Crippen molar-refractivity contribution in [2.75, 3.05) is 11.1 Å². The van der Waals surface area contributed by atoms with E-state index >= 15 is 0 Å². The van der Waals surface area contributed by atoms with E-state index in [2.05, 4.69) is 28.9 Å². The van der Waals surface area contributed by atoms with Gasteiger partial charge in [0.1, 0.15) is 5.75 Å². The molecule has 0 saturated heterocycles. The lowest BCUT2D eigenvalue weighted by atomic mass is 10.0. The second-order valence-corrected chi connectivity index (χ2v) is 5.52. The number of halogens is 2. The molecule has 1 aromatic rings. The third kappa shape index (κ3) is 3.59. The summed E-state index contributed by atoms with van der Waals surface area (Å²) in [5, 5.41) is 3.80. The molecule has 2 rings (SSSR count). The van der Waals surface area contributed by atoms with Gasteiger partial charge in [-0.2, -0.15) is 8.78 Å². The minimum Gasteiger partial charge on any atom is -0.433 e. The molecule has 3 nitrogen and oxygen atoms in total. The van der Waals surface area contributed by atoms with Crippen LogP contribution in [0.25, 0.3) is 0 Å². The molecule has 1 heterocycles. The average Bonchev–Trinajstić information content (AvgIpc) is 2.74. The number of rotatable bonds is 4. The molecule has 19 heavy (non-hydrogen) atoms. The number of hydrogen-bond donors (Lipinski definition) is 1. The van der Waals surface area contributed by atoms with Crippen molar-refractivity contribution < 1.29 is 13.5 Å². The molecule has 0 saturated carbocycles. The van der Waals surface area contributed by atoms with Crippen LogP contribution in [0.15, 0.2) is 29.3 Å². The highest BCUT2D eigenvalue weighted by molar-refractivity contribution is 8.14. The number of aliphatic imine (C=N–C) groups is 1. The lowest BCUT2D eigenvalue weighted by molar-refractivity contribution is -0.0493. The fourth-order valence-corrected chi connectivity index (χ4v) is 2.85. The first-order valence-electron chi connectivity index (χ1n) is 6.06. The molecule has 0 fully saturated rings. The second-order valence-electron chi connectivity index (χ2n) is 4.56. The standard InChI is InChI=1S/C13H16F2N2OS/c1-3-13(2)8-19-12(17-13)16-9-6-4-5-7-10(9)18-11(14)15/h4-7,11H,3,8H2,1-2H3,(H,16,17). The van der Waals surface area contributed by atoms with Gasteiger partial charge in [0.05, 0.1) is 11.2 Å². The van der Waals surface area contributed by atoms with Crippen LogP contribution < -0.4 is 10.1 Å². The SMILES string of the molecule is CCC1(C)CSC(Nc2ccccc2OC(F)F)=N1. The average molecular weight is 286 g/mol. The highest BCUT2D eigenvalue weighted by atomic mass is 32.2. The van der Waals surface area contributed by atoms with Gasteiger partial charge in [-0.15, -0.1) is 0 Å². The minimum absolute atomic E-state index is 0.0779. The second kappa shape index (κ2) is 5.77. The fourth-order valence-electron chi connectivity index (χ4n) is 1.66. The topological polar surface area (TPSA) is 33.6 Å². The van der Waals surface area contributed by atoms with Crippen LogP contribution in [0.3, 0.4) is 0 Å². The smallest absolute Gasteiger partial charge is 0.387 e. The van der Waals surface area contributed by atoms with Gasteiger partial charge in [0.15, 0.2) is 5.17 Å². The van der Waals surface area contributed by atoms with Gasteiger partial charge in [-0.1, -0.05) is 30.8 Å². The molecule has 1 aromatic carbocycles. The van der Waals surface area contributed by atoms with Crippen molar-refractivity contribution in [3.05, 3.63) is 24.3 Å². The Morgan fingerprint density at radius 1 is 1.47 bits per heavy atom. The van der Waals surface area contributed by atoms with E-state index in [1.165, 1.54) is 6.07 Å². The van der Waals surface area contributed by atoms with Crippen LogP contribution in [0.4, 0.5) is 14.5 Å². The first-order chi connectivity index (χ1) is 9.02. The summed E-state index contributed by atoms with van der Waals surface area (Å²) in [7, 11) is 0. The molecule has 1 N–H and O–H groups in total. The summed E-state index contributed by atoms with van der Waals surface area (Å²) in [6.45, 7) is 1.33. The summed E-state index contributed by atoms with van der Waals surface area (Å²) < 4.78 is 29.1. The van der Waals surface area contributed by atoms with E-state index in [9.17, 15) is 8.78 Å². The highest BCUT2D eigenvalue weighted by Gasteiger charge is 2.29. The van der Waals surface area contributed by atoms with Crippen LogP contribution in [0.2, 0.25) is 0 Å². The van der Waals surface area contributed by atoms with Gasteiger partial charge in [0.25, 0.3) is 0 Å². The largest absolute Gasteiger partial charge is 0.433 e. The number of anilines is 1. The number of alkyl halides is 2. The van der Waals surface area contributed by atoms with Crippen LogP contribution in [0.5, 0.6) is 5.75 Å². The van der Waals surface area contributed by atoms with Crippen molar-refractivity contribution in [3.8, 4) is 5.75 Å². The maximum Gasteiger partial charge on any atom is 0.387 e. The number of para-hydroxylation sites is 2. The molecule has 0 spiro atoms. The van der Waals surface area contributed by atoms with Gasteiger partial charge in [-0.3, -0.25) is 4.99 Å². The van der Waals surface area contributed by atoms with Gasteiger partial charge in [-0.25, -0.2) is 0 Å². The maximum atomic E-state index is 12.3. The van der Waals surface area contributed by atoms with Crippen molar-refractivity contribution in [1.82, 2.24) is 0 Å². The van der Waals surface area contributed by atoms with Gasteiger partial charge >= 0.3 is 6.61 Å². The van der Waals surface area contributed by atoms with E-state index in [-0.39, 0.29) is 11.3 Å². The van der Waals surface area contributed by atoms with Crippen molar-refractivity contribution >= 4 is 22.6 Å². The number of nitrogens with zero attached hydrogens (tertiary/aromatic N) is 1. The molecule has 0 aromatic heterocycles. The third-order valence-electron chi connectivity index (χ3n) is 3.00.